The van der Waals surface area contributed by atoms with Crippen LogP contribution in [-0.4, -0.2) is 18.0 Å². The highest BCUT2D eigenvalue weighted by Gasteiger charge is 2.19. The van der Waals surface area contributed by atoms with Crippen molar-refractivity contribution in [3.63, 3.8) is 0 Å². The number of thiophene rings is 1. The van der Waals surface area contributed by atoms with Crippen LogP contribution in [0.15, 0.2) is 67.0 Å². The molecule has 32 heavy (non-hydrogen) atoms. The van der Waals surface area contributed by atoms with Crippen molar-refractivity contribution in [2.75, 3.05) is 17.7 Å². The van der Waals surface area contributed by atoms with E-state index < -0.39 is 0 Å². The van der Waals surface area contributed by atoms with Crippen LogP contribution >= 0.6 is 11.3 Å². The Balaban J connectivity index is 1.58. The zero-order valence-electron chi connectivity index (χ0n) is 18.7. The topological polar surface area (TPSA) is 63.2 Å². The zero-order chi connectivity index (χ0) is 22.7. The van der Waals surface area contributed by atoms with E-state index in [2.05, 4.69) is 36.4 Å². The molecule has 0 bridgehead atoms. The number of hydrogen-bond donors (Lipinski definition) is 2. The van der Waals surface area contributed by atoms with Crippen LogP contribution < -0.4 is 15.4 Å². The summed E-state index contributed by atoms with van der Waals surface area (Å²) in [7, 11) is 1.61. The van der Waals surface area contributed by atoms with Gasteiger partial charge in [-0.25, -0.2) is 0 Å². The summed E-state index contributed by atoms with van der Waals surface area (Å²) in [4.78, 5) is 17.9. The Hall–Kier alpha value is -3.38. The Labute approximate surface area is 192 Å². The van der Waals surface area contributed by atoms with Crippen LogP contribution in [0.25, 0.3) is 10.1 Å². The summed E-state index contributed by atoms with van der Waals surface area (Å²) in [6, 6.07) is 17.9. The standard InChI is InChI=1S/C26H27N3O2S/c1-26(2,3)19-10-11-22(31-4)21(14-19)29-25(30)23-13-18-8-5-9-20(24(18)32-23)28-16-17-7-6-12-27-15-17/h5-15,28H,16H2,1-4H3,(H,29,30). The predicted octanol–water partition coefficient (Wildman–Crippen LogP) is 6.47. The predicted molar refractivity (Wildman–Crippen MR) is 133 cm³/mol. The van der Waals surface area contributed by atoms with Crippen molar-refractivity contribution < 1.29 is 9.53 Å². The van der Waals surface area contributed by atoms with Gasteiger partial charge in [0.1, 0.15) is 5.75 Å². The molecule has 0 spiro atoms. The number of ether oxygens (including phenoxy) is 1. The highest BCUT2D eigenvalue weighted by molar-refractivity contribution is 7.21. The maximum atomic E-state index is 13.1. The zero-order valence-corrected chi connectivity index (χ0v) is 19.5. The lowest BCUT2D eigenvalue weighted by Crippen LogP contribution is -2.14. The number of aromatic nitrogens is 1. The number of hydrogen-bond acceptors (Lipinski definition) is 5. The summed E-state index contributed by atoms with van der Waals surface area (Å²) >= 11 is 1.48. The maximum Gasteiger partial charge on any atom is 0.265 e. The minimum atomic E-state index is -0.145. The van der Waals surface area contributed by atoms with Crippen LogP contribution in [-0.2, 0) is 12.0 Å². The number of fused-ring (bicyclic) bond motifs is 1. The number of anilines is 2. The quantitative estimate of drug-likeness (QED) is 0.357. The molecule has 1 amide bonds. The van der Waals surface area contributed by atoms with Gasteiger partial charge in [0, 0.05) is 18.9 Å². The molecule has 0 radical (unpaired) electrons. The van der Waals surface area contributed by atoms with Crippen molar-refractivity contribution in [2.24, 2.45) is 0 Å². The fourth-order valence-electron chi connectivity index (χ4n) is 3.47. The first-order valence-corrected chi connectivity index (χ1v) is 11.3. The second-order valence-electron chi connectivity index (χ2n) is 8.67. The van der Waals surface area contributed by atoms with Gasteiger partial charge in [0.25, 0.3) is 5.91 Å². The Bertz CT molecular complexity index is 1240. The maximum absolute atomic E-state index is 13.1. The lowest BCUT2D eigenvalue weighted by atomic mass is 9.87. The molecule has 2 aromatic heterocycles. The van der Waals surface area contributed by atoms with Crippen LogP contribution in [0.4, 0.5) is 11.4 Å². The van der Waals surface area contributed by atoms with Crippen molar-refractivity contribution in [3.8, 4) is 5.75 Å². The minimum absolute atomic E-state index is 0.0296. The van der Waals surface area contributed by atoms with Crippen LogP contribution in [0.1, 0.15) is 41.6 Å². The number of benzene rings is 2. The molecule has 5 nitrogen and oxygen atoms in total. The monoisotopic (exact) mass is 445 g/mol. The van der Waals surface area contributed by atoms with Crippen molar-refractivity contribution in [3.05, 3.63) is 83.0 Å². The molecule has 0 aliphatic heterocycles. The number of methoxy groups -OCH3 is 1. The van der Waals surface area contributed by atoms with E-state index in [4.69, 9.17) is 4.74 Å². The van der Waals surface area contributed by atoms with Crippen molar-refractivity contribution in [1.82, 2.24) is 4.98 Å². The van der Waals surface area contributed by atoms with Gasteiger partial charge in [-0.05, 0) is 52.3 Å². The lowest BCUT2D eigenvalue weighted by molar-refractivity contribution is 0.103. The first-order valence-electron chi connectivity index (χ1n) is 10.5. The Morgan fingerprint density at radius 3 is 2.62 bits per heavy atom. The van der Waals surface area contributed by atoms with E-state index in [0.717, 1.165) is 26.9 Å². The number of carbonyl (C=O) groups is 1. The van der Waals surface area contributed by atoms with Gasteiger partial charge in [0.05, 0.1) is 28.1 Å². The Morgan fingerprint density at radius 1 is 1.06 bits per heavy atom. The van der Waals surface area contributed by atoms with Crippen molar-refractivity contribution in [2.45, 2.75) is 32.7 Å². The molecule has 2 aromatic carbocycles. The smallest absolute Gasteiger partial charge is 0.265 e. The van der Waals surface area contributed by atoms with Gasteiger partial charge >= 0.3 is 0 Å². The number of carbonyl (C=O) groups excluding carboxylic acids is 1. The van der Waals surface area contributed by atoms with Crippen LogP contribution in [0.2, 0.25) is 0 Å². The fourth-order valence-corrected chi connectivity index (χ4v) is 4.51. The third-order valence-corrected chi connectivity index (χ3v) is 6.47. The van der Waals surface area contributed by atoms with Crippen LogP contribution in [0.3, 0.4) is 0 Å². The summed E-state index contributed by atoms with van der Waals surface area (Å²) in [5.74, 6) is 0.500. The van der Waals surface area contributed by atoms with Gasteiger partial charge < -0.3 is 15.4 Å². The van der Waals surface area contributed by atoms with Crippen LogP contribution in [0, 0.1) is 0 Å². The number of pyridine rings is 1. The minimum Gasteiger partial charge on any atom is -0.495 e. The van der Waals surface area contributed by atoms with Crippen LogP contribution in [0.5, 0.6) is 5.75 Å². The van der Waals surface area contributed by atoms with Crippen molar-refractivity contribution in [1.29, 1.82) is 0 Å². The molecule has 2 heterocycles. The molecule has 0 saturated carbocycles. The van der Waals surface area contributed by atoms with E-state index in [1.807, 2.05) is 60.8 Å². The first kappa shape index (κ1) is 21.8. The summed E-state index contributed by atoms with van der Waals surface area (Å²) in [5.41, 5.74) is 3.88. The van der Waals surface area contributed by atoms with Crippen molar-refractivity contribution >= 4 is 38.7 Å². The number of amides is 1. The molecule has 0 aliphatic rings. The average Bonchev–Trinajstić information content (AvgIpc) is 3.23. The number of nitrogens with one attached hydrogen (secondary N) is 2. The molecular weight excluding hydrogens is 418 g/mol. The lowest BCUT2D eigenvalue weighted by Gasteiger charge is -2.21. The summed E-state index contributed by atoms with van der Waals surface area (Å²) < 4.78 is 6.53. The van der Waals surface area contributed by atoms with E-state index in [1.54, 1.807) is 13.3 Å². The molecular formula is C26H27N3O2S. The normalized spacial score (nSPS) is 11.4. The highest BCUT2D eigenvalue weighted by atomic mass is 32.1. The molecule has 164 valence electrons. The second kappa shape index (κ2) is 9.01. The van der Waals surface area contributed by atoms with Gasteiger partial charge in [-0.2, -0.15) is 0 Å². The summed E-state index contributed by atoms with van der Waals surface area (Å²) in [6.45, 7) is 7.11. The van der Waals surface area contributed by atoms with Gasteiger partial charge in [-0.1, -0.05) is 45.0 Å². The van der Waals surface area contributed by atoms with E-state index >= 15 is 0 Å². The van der Waals surface area contributed by atoms with Gasteiger partial charge in [-0.3, -0.25) is 9.78 Å². The molecule has 2 N–H and O–H groups in total. The van der Waals surface area contributed by atoms with E-state index in [0.29, 0.717) is 22.9 Å². The van der Waals surface area contributed by atoms with Gasteiger partial charge in [0.2, 0.25) is 0 Å². The third kappa shape index (κ3) is 4.75. The SMILES string of the molecule is COc1ccc(C(C)(C)C)cc1NC(=O)c1cc2cccc(NCc3cccnc3)c2s1. The van der Waals surface area contributed by atoms with Gasteiger partial charge in [-0.15, -0.1) is 11.3 Å². The summed E-state index contributed by atoms with van der Waals surface area (Å²) in [5, 5.41) is 7.55. The van der Waals surface area contributed by atoms with E-state index in [-0.39, 0.29) is 11.3 Å². The van der Waals surface area contributed by atoms with Gasteiger partial charge in [0.15, 0.2) is 0 Å². The molecule has 4 rings (SSSR count). The molecule has 6 heteroatoms. The largest absolute Gasteiger partial charge is 0.495 e. The molecule has 0 aliphatic carbocycles. The van der Waals surface area contributed by atoms with E-state index in [1.165, 1.54) is 11.3 Å². The molecule has 0 saturated heterocycles. The summed E-state index contributed by atoms with van der Waals surface area (Å²) in [6.07, 6.45) is 3.61. The Kier molecular flexibility index (Phi) is 6.15. The first-order chi connectivity index (χ1) is 15.3. The molecule has 0 atom stereocenters. The van der Waals surface area contributed by atoms with E-state index in [9.17, 15) is 4.79 Å². The molecule has 4 aromatic rings. The Morgan fingerprint density at radius 2 is 1.91 bits per heavy atom. The number of rotatable bonds is 6. The third-order valence-electron chi connectivity index (χ3n) is 5.29. The highest BCUT2D eigenvalue weighted by Crippen LogP contribution is 2.35. The fraction of sp³-hybridized carbons (Fsp3) is 0.231. The molecule has 0 fully saturated rings. The molecule has 0 unspecified atom stereocenters. The average molecular weight is 446 g/mol. The number of nitrogens with zero attached hydrogens (tertiary/aromatic N) is 1. The second-order valence-corrected chi connectivity index (χ2v) is 9.72.